The highest BCUT2D eigenvalue weighted by Gasteiger charge is 2.37. The summed E-state index contributed by atoms with van der Waals surface area (Å²) in [6, 6.07) is 43.0. The summed E-state index contributed by atoms with van der Waals surface area (Å²) in [6.07, 6.45) is 3.06. The van der Waals surface area contributed by atoms with E-state index in [0.29, 0.717) is 44.9 Å². The van der Waals surface area contributed by atoms with Gasteiger partial charge in [-0.2, -0.15) is 10.5 Å². The minimum atomic E-state index is -0.421. The number of nitrogens with zero attached hydrogens (tertiary/aromatic N) is 3. The van der Waals surface area contributed by atoms with E-state index in [2.05, 4.69) is 95.2 Å². The van der Waals surface area contributed by atoms with Gasteiger partial charge in [-0.3, -0.25) is 4.90 Å². The zero-order valence-corrected chi connectivity index (χ0v) is 30.5. The van der Waals surface area contributed by atoms with Crippen LogP contribution in [-0.2, 0) is 20.3 Å². The number of nitriles is 2. The van der Waals surface area contributed by atoms with E-state index in [1.54, 1.807) is 0 Å². The molecule has 0 unspecified atom stereocenters. The van der Waals surface area contributed by atoms with Crippen molar-refractivity contribution in [3.63, 3.8) is 0 Å². The molecular formula is C45H50N4O4. The number of likely N-dealkylation sites (tertiary alicyclic amines) is 1. The summed E-state index contributed by atoms with van der Waals surface area (Å²) in [5.41, 5.74) is 4.02. The molecule has 4 aromatic rings. The Morgan fingerprint density at radius 2 is 1.02 bits per heavy atom. The first-order valence-electron chi connectivity index (χ1n) is 19.1. The monoisotopic (exact) mass is 710 g/mol. The van der Waals surface area contributed by atoms with E-state index in [-0.39, 0.29) is 11.5 Å². The van der Waals surface area contributed by atoms with Crippen molar-refractivity contribution < 1.29 is 18.9 Å². The Morgan fingerprint density at radius 1 is 0.604 bits per heavy atom. The number of ether oxygens (including phenoxy) is 4. The van der Waals surface area contributed by atoms with Crippen LogP contribution in [0.25, 0.3) is 0 Å². The summed E-state index contributed by atoms with van der Waals surface area (Å²) >= 11 is 0. The molecule has 0 saturated carbocycles. The van der Waals surface area contributed by atoms with Crippen molar-refractivity contribution in [2.24, 2.45) is 11.8 Å². The van der Waals surface area contributed by atoms with Gasteiger partial charge < -0.3 is 24.3 Å². The quantitative estimate of drug-likeness (QED) is 0.174. The smallest absolute Gasteiger partial charge is 0.119 e. The van der Waals surface area contributed by atoms with E-state index < -0.39 is 5.41 Å². The fourth-order valence-corrected chi connectivity index (χ4v) is 7.82. The van der Waals surface area contributed by atoms with Crippen LogP contribution >= 0.6 is 0 Å². The third-order valence-corrected chi connectivity index (χ3v) is 11.4. The second kappa shape index (κ2) is 17.4. The highest BCUT2D eigenvalue weighted by atomic mass is 16.5. The van der Waals surface area contributed by atoms with Gasteiger partial charge in [0.1, 0.15) is 11.5 Å². The van der Waals surface area contributed by atoms with Crippen LogP contribution in [0.1, 0.15) is 54.0 Å². The normalized spacial score (nSPS) is 19.7. The molecule has 53 heavy (non-hydrogen) atoms. The first-order chi connectivity index (χ1) is 26.1. The van der Waals surface area contributed by atoms with E-state index in [0.717, 1.165) is 81.1 Å². The maximum atomic E-state index is 9.77. The molecule has 0 bridgehead atoms. The van der Waals surface area contributed by atoms with Crippen molar-refractivity contribution in [3.05, 3.63) is 131 Å². The highest BCUT2D eigenvalue weighted by Crippen LogP contribution is 2.37. The Hall–Kier alpha value is -4.70. The summed E-state index contributed by atoms with van der Waals surface area (Å²) in [4.78, 5) is 2.53. The number of hydrogen-bond donors (Lipinski definition) is 1. The van der Waals surface area contributed by atoms with E-state index in [1.807, 2.05) is 36.4 Å². The predicted octanol–water partition coefficient (Wildman–Crippen LogP) is 7.22. The van der Waals surface area contributed by atoms with Crippen LogP contribution in [0.15, 0.2) is 109 Å². The molecule has 0 radical (unpaired) electrons. The molecule has 4 aliphatic heterocycles. The van der Waals surface area contributed by atoms with E-state index >= 15 is 0 Å². The second-order valence-corrected chi connectivity index (χ2v) is 14.9. The lowest BCUT2D eigenvalue weighted by atomic mass is 9.75. The van der Waals surface area contributed by atoms with Crippen molar-refractivity contribution in [2.45, 2.75) is 42.6 Å². The van der Waals surface area contributed by atoms with Gasteiger partial charge in [0.15, 0.2) is 0 Å². The fourth-order valence-electron chi connectivity index (χ4n) is 7.82. The SMILES string of the molecule is N#CC1(c2ccc(OCC3CN(C(c4ccccc4)c4ccccc4)C3)cc2)CCOCC1.N#CC1(c2ccc(OCC3CNC3)cc2)CCOCC1. The van der Waals surface area contributed by atoms with Crippen molar-refractivity contribution >= 4 is 0 Å². The predicted molar refractivity (Wildman–Crippen MR) is 205 cm³/mol. The zero-order valence-electron chi connectivity index (χ0n) is 30.5. The maximum Gasteiger partial charge on any atom is 0.119 e. The van der Waals surface area contributed by atoms with Crippen LogP contribution in [0.3, 0.4) is 0 Å². The Morgan fingerprint density at radius 3 is 1.40 bits per heavy atom. The minimum Gasteiger partial charge on any atom is -0.493 e. The lowest BCUT2D eigenvalue weighted by Gasteiger charge is -2.44. The number of nitrogens with one attached hydrogen (secondary N) is 1. The Bertz CT molecular complexity index is 1760. The first kappa shape index (κ1) is 36.6. The Labute approximate surface area is 314 Å². The molecule has 8 rings (SSSR count). The van der Waals surface area contributed by atoms with E-state index in [4.69, 9.17) is 18.9 Å². The molecule has 8 heteroatoms. The largest absolute Gasteiger partial charge is 0.493 e. The van der Waals surface area contributed by atoms with Crippen molar-refractivity contribution in [2.75, 3.05) is 65.8 Å². The Kier molecular flexibility index (Phi) is 12.0. The van der Waals surface area contributed by atoms with Gasteiger partial charge in [0.25, 0.3) is 0 Å². The molecule has 1 N–H and O–H groups in total. The summed E-state index contributed by atoms with van der Waals surface area (Å²) in [5, 5.41) is 22.5. The van der Waals surface area contributed by atoms with E-state index in [1.165, 1.54) is 11.1 Å². The van der Waals surface area contributed by atoms with Crippen LogP contribution in [0.5, 0.6) is 11.5 Å². The lowest BCUT2D eigenvalue weighted by molar-refractivity contribution is 0.0378. The van der Waals surface area contributed by atoms with Gasteiger partial charge in [-0.15, -0.1) is 0 Å². The van der Waals surface area contributed by atoms with Crippen molar-refractivity contribution in [1.82, 2.24) is 10.2 Å². The molecule has 4 aliphatic rings. The third kappa shape index (κ3) is 8.75. The van der Waals surface area contributed by atoms with Gasteiger partial charge in [-0.05, 0) is 72.2 Å². The van der Waals surface area contributed by atoms with Crippen LogP contribution in [0.4, 0.5) is 0 Å². The molecule has 4 fully saturated rings. The van der Waals surface area contributed by atoms with Crippen LogP contribution in [0.2, 0.25) is 0 Å². The molecule has 0 aromatic heterocycles. The molecule has 4 heterocycles. The van der Waals surface area contributed by atoms with E-state index in [9.17, 15) is 10.5 Å². The molecule has 0 amide bonds. The summed E-state index contributed by atoms with van der Waals surface area (Å²) < 4.78 is 22.7. The summed E-state index contributed by atoms with van der Waals surface area (Å²) in [7, 11) is 0. The fraction of sp³-hybridized carbons (Fsp3) is 0.422. The average Bonchev–Trinajstić information content (AvgIpc) is 3.20. The number of benzene rings is 4. The first-order valence-corrected chi connectivity index (χ1v) is 19.1. The minimum absolute atomic E-state index is 0.282. The molecular weight excluding hydrogens is 661 g/mol. The molecule has 4 saturated heterocycles. The zero-order chi connectivity index (χ0) is 36.4. The molecule has 4 aromatic carbocycles. The van der Waals surface area contributed by atoms with Crippen LogP contribution < -0.4 is 14.8 Å². The number of rotatable bonds is 11. The van der Waals surface area contributed by atoms with Crippen LogP contribution in [-0.4, -0.2) is 70.7 Å². The summed E-state index contributed by atoms with van der Waals surface area (Å²) in [6.45, 7) is 8.25. The average molecular weight is 711 g/mol. The Balaban J connectivity index is 0.000000186. The molecule has 0 spiro atoms. The van der Waals surface area contributed by atoms with Crippen LogP contribution in [0, 0.1) is 34.5 Å². The van der Waals surface area contributed by atoms with Gasteiger partial charge >= 0.3 is 0 Å². The van der Waals surface area contributed by atoms with Gasteiger partial charge in [0.2, 0.25) is 0 Å². The maximum absolute atomic E-state index is 9.77. The number of hydrogen-bond acceptors (Lipinski definition) is 8. The third-order valence-electron chi connectivity index (χ3n) is 11.4. The summed E-state index contributed by atoms with van der Waals surface area (Å²) in [5.74, 6) is 2.91. The standard InChI is InChI=1S/C29H30N2O2.C16H20N2O2/c30-22-29(15-17-32-18-16-29)26-11-13-27(14-12-26)33-21-23-19-31(20-23)28(24-7-3-1-4-8-24)25-9-5-2-6-10-25;17-12-16(5-7-19-8-6-16)14-1-3-15(4-2-14)20-11-13-9-18-10-13/h1-14,23,28H,15-21H2;1-4,13,18H,5-11H2. The van der Waals surface area contributed by atoms with Crippen molar-refractivity contribution in [3.8, 4) is 23.6 Å². The topological polar surface area (TPSA) is 99.8 Å². The molecule has 0 aliphatic carbocycles. The molecule has 274 valence electrons. The molecule has 0 atom stereocenters. The highest BCUT2D eigenvalue weighted by molar-refractivity contribution is 5.39. The van der Waals surface area contributed by atoms with Gasteiger partial charge in [-0.25, -0.2) is 0 Å². The lowest BCUT2D eigenvalue weighted by Crippen LogP contribution is -2.50. The van der Waals surface area contributed by atoms with Gasteiger partial charge in [-0.1, -0.05) is 84.9 Å². The second-order valence-electron chi connectivity index (χ2n) is 14.9. The van der Waals surface area contributed by atoms with Crippen molar-refractivity contribution in [1.29, 1.82) is 10.5 Å². The van der Waals surface area contributed by atoms with Gasteiger partial charge in [0, 0.05) is 64.4 Å². The molecule has 8 nitrogen and oxygen atoms in total. The van der Waals surface area contributed by atoms with Gasteiger partial charge in [0.05, 0.1) is 42.2 Å².